The van der Waals surface area contributed by atoms with Crippen LogP contribution in [0.25, 0.3) is 11.1 Å². The number of aromatic nitrogens is 2. The second kappa shape index (κ2) is 4.40. The second-order valence-electron chi connectivity index (χ2n) is 3.31. The SMILES string of the molecule is CS(=O)c1ccc(-c2cn[nH]c(=O)c2)cc1. The lowest BCUT2D eigenvalue weighted by molar-refractivity contribution is 0.687. The number of rotatable bonds is 2. The molecule has 1 unspecified atom stereocenters. The van der Waals surface area contributed by atoms with Crippen molar-refractivity contribution in [1.29, 1.82) is 0 Å². The summed E-state index contributed by atoms with van der Waals surface area (Å²) < 4.78 is 11.2. The zero-order chi connectivity index (χ0) is 11.5. The third-order valence-electron chi connectivity index (χ3n) is 2.18. The van der Waals surface area contributed by atoms with Crippen LogP contribution in [0.5, 0.6) is 0 Å². The molecule has 4 nitrogen and oxygen atoms in total. The van der Waals surface area contributed by atoms with Gasteiger partial charge < -0.3 is 0 Å². The van der Waals surface area contributed by atoms with Crippen molar-refractivity contribution in [2.24, 2.45) is 0 Å². The highest BCUT2D eigenvalue weighted by atomic mass is 32.2. The summed E-state index contributed by atoms with van der Waals surface area (Å²) in [5, 5.41) is 6.04. The summed E-state index contributed by atoms with van der Waals surface area (Å²) in [7, 11) is -0.982. The number of nitrogens with one attached hydrogen (secondary N) is 1. The second-order valence-corrected chi connectivity index (χ2v) is 4.69. The third kappa shape index (κ3) is 2.25. The van der Waals surface area contributed by atoms with E-state index < -0.39 is 10.8 Å². The fourth-order valence-electron chi connectivity index (χ4n) is 1.37. The molecule has 0 saturated heterocycles. The Morgan fingerprint density at radius 2 is 1.88 bits per heavy atom. The van der Waals surface area contributed by atoms with E-state index >= 15 is 0 Å². The Balaban J connectivity index is 2.42. The first kappa shape index (κ1) is 10.8. The van der Waals surface area contributed by atoms with Gasteiger partial charge in [-0.3, -0.25) is 9.00 Å². The van der Waals surface area contributed by atoms with Gasteiger partial charge in [0.05, 0.1) is 6.20 Å². The van der Waals surface area contributed by atoms with Crippen molar-refractivity contribution >= 4 is 10.8 Å². The first-order chi connectivity index (χ1) is 7.66. The first-order valence-electron chi connectivity index (χ1n) is 4.65. The summed E-state index contributed by atoms with van der Waals surface area (Å²) in [6, 6.07) is 8.70. The molecule has 0 saturated carbocycles. The van der Waals surface area contributed by atoms with Crippen LogP contribution in [0.15, 0.2) is 46.2 Å². The summed E-state index contributed by atoms with van der Waals surface area (Å²) in [5.41, 5.74) is 1.39. The van der Waals surface area contributed by atoms with E-state index in [1.807, 2.05) is 12.1 Å². The van der Waals surface area contributed by atoms with Crippen LogP contribution in [0, 0.1) is 0 Å². The molecule has 0 aliphatic rings. The molecule has 1 N–H and O–H groups in total. The molecule has 5 heteroatoms. The van der Waals surface area contributed by atoms with Crippen LogP contribution in [-0.4, -0.2) is 20.7 Å². The molecule has 1 aromatic carbocycles. The zero-order valence-electron chi connectivity index (χ0n) is 8.64. The van der Waals surface area contributed by atoms with Gasteiger partial charge in [0.1, 0.15) is 0 Å². The highest BCUT2D eigenvalue weighted by molar-refractivity contribution is 7.84. The molecule has 2 aromatic rings. The summed E-state index contributed by atoms with van der Waals surface area (Å²) in [6.45, 7) is 0. The predicted octanol–water partition coefficient (Wildman–Crippen LogP) is 1.17. The Labute approximate surface area is 94.8 Å². The summed E-state index contributed by atoms with van der Waals surface area (Å²) in [4.78, 5) is 11.8. The number of benzene rings is 1. The minimum Gasteiger partial charge on any atom is -0.268 e. The highest BCUT2D eigenvalue weighted by Gasteiger charge is 2.01. The van der Waals surface area contributed by atoms with Gasteiger partial charge in [-0.05, 0) is 17.7 Å². The maximum atomic E-state index is 11.2. The molecule has 0 radical (unpaired) electrons. The molecule has 0 bridgehead atoms. The van der Waals surface area contributed by atoms with E-state index in [4.69, 9.17) is 0 Å². The Morgan fingerprint density at radius 3 is 2.44 bits per heavy atom. The minimum absolute atomic E-state index is 0.236. The molecule has 0 aliphatic carbocycles. The third-order valence-corrected chi connectivity index (χ3v) is 3.12. The van der Waals surface area contributed by atoms with Crippen molar-refractivity contribution in [3.05, 3.63) is 46.9 Å². The van der Waals surface area contributed by atoms with Crippen LogP contribution in [0.4, 0.5) is 0 Å². The lowest BCUT2D eigenvalue weighted by Crippen LogP contribution is -2.05. The van der Waals surface area contributed by atoms with E-state index in [9.17, 15) is 9.00 Å². The van der Waals surface area contributed by atoms with E-state index in [0.717, 1.165) is 16.0 Å². The minimum atomic E-state index is -0.982. The Hall–Kier alpha value is -1.75. The van der Waals surface area contributed by atoms with E-state index in [0.29, 0.717) is 0 Å². The van der Waals surface area contributed by atoms with Crippen molar-refractivity contribution in [3.8, 4) is 11.1 Å². The molecule has 16 heavy (non-hydrogen) atoms. The maximum absolute atomic E-state index is 11.2. The number of H-pyrrole nitrogens is 1. The van der Waals surface area contributed by atoms with Gasteiger partial charge in [0.15, 0.2) is 0 Å². The number of aromatic amines is 1. The topological polar surface area (TPSA) is 62.8 Å². The van der Waals surface area contributed by atoms with E-state index in [1.165, 1.54) is 6.07 Å². The molecule has 1 aromatic heterocycles. The van der Waals surface area contributed by atoms with Crippen LogP contribution in [0.2, 0.25) is 0 Å². The van der Waals surface area contributed by atoms with Crippen molar-refractivity contribution in [2.75, 3.05) is 6.26 Å². The molecule has 82 valence electrons. The van der Waals surface area contributed by atoms with E-state index in [1.54, 1.807) is 24.6 Å². The highest BCUT2D eigenvalue weighted by Crippen LogP contribution is 2.17. The lowest BCUT2D eigenvalue weighted by atomic mass is 10.1. The molecule has 0 amide bonds. The smallest absolute Gasteiger partial charge is 0.264 e. The van der Waals surface area contributed by atoms with E-state index in [-0.39, 0.29) is 5.56 Å². The number of hydrogen-bond donors (Lipinski definition) is 1. The average molecular weight is 234 g/mol. The summed E-state index contributed by atoms with van der Waals surface area (Å²) in [6.07, 6.45) is 3.21. The molecule has 0 aliphatic heterocycles. The molecule has 0 spiro atoms. The average Bonchev–Trinajstić information content (AvgIpc) is 2.29. The molecular formula is C11H10N2O2S. The van der Waals surface area contributed by atoms with Gasteiger partial charge in [-0.15, -0.1) is 0 Å². The van der Waals surface area contributed by atoms with Gasteiger partial charge >= 0.3 is 0 Å². The normalized spacial score (nSPS) is 12.3. The predicted molar refractivity (Wildman–Crippen MR) is 62.6 cm³/mol. The van der Waals surface area contributed by atoms with Gasteiger partial charge in [-0.25, -0.2) is 5.10 Å². The zero-order valence-corrected chi connectivity index (χ0v) is 9.45. The van der Waals surface area contributed by atoms with Gasteiger partial charge in [-0.1, -0.05) is 12.1 Å². The molecule has 0 fully saturated rings. The van der Waals surface area contributed by atoms with Crippen molar-refractivity contribution in [3.63, 3.8) is 0 Å². The largest absolute Gasteiger partial charge is 0.268 e. The van der Waals surface area contributed by atoms with Gasteiger partial charge in [0.2, 0.25) is 0 Å². The van der Waals surface area contributed by atoms with Gasteiger partial charge in [-0.2, -0.15) is 5.10 Å². The van der Waals surface area contributed by atoms with Crippen LogP contribution in [0.3, 0.4) is 0 Å². The summed E-state index contributed by atoms with van der Waals surface area (Å²) >= 11 is 0. The summed E-state index contributed by atoms with van der Waals surface area (Å²) in [5.74, 6) is 0. The van der Waals surface area contributed by atoms with E-state index in [2.05, 4.69) is 10.2 Å². The molecular weight excluding hydrogens is 224 g/mol. The standard InChI is InChI=1S/C11H10N2O2S/c1-16(15)10-4-2-8(3-5-10)9-6-11(14)13-12-7-9/h2-7H,1H3,(H,13,14). The van der Waals surface area contributed by atoms with Crippen LogP contribution in [0.1, 0.15) is 0 Å². The quantitative estimate of drug-likeness (QED) is 0.848. The van der Waals surface area contributed by atoms with Crippen LogP contribution in [-0.2, 0) is 10.8 Å². The van der Waals surface area contributed by atoms with Gasteiger partial charge in [0, 0.05) is 33.6 Å². The maximum Gasteiger partial charge on any atom is 0.264 e. The fraction of sp³-hybridized carbons (Fsp3) is 0.0909. The first-order valence-corrected chi connectivity index (χ1v) is 6.21. The lowest BCUT2D eigenvalue weighted by Gasteiger charge is -2.01. The monoisotopic (exact) mass is 234 g/mol. The molecule has 1 atom stereocenters. The number of nitrogens with zero attached hydrogens (tertiary/aromatic N) is 1. The number of hydrogen-bond acceptors (Lipinski definition) is 3. The Bertz CT molecular complexity index is 575. The molecule has 2 rings (SSSR count). The Kier molecular flexibility index (Phi) is 2.96. The Morgan fingerprint density at radius 1 is 1.19 bits per heavy atom. The molecule has 1 heterocycles. The van der Waals surface area contributed by atoms with Crippen molar-refractivity contribution in [2.45, 2.75) is 4.90 Å². The van der Waals surface area contributed by atoms with Crippen LogP contribution < -0.4 is 5.56 Å². The van der Waals surface area contributed by atoms with Crippen LogP contribution >= 0.6 is 0 Å². The van der Waals surface area contributed by atoms with Gasteiger partial charge in [0.25, 0.3) is 5.56 Å². The van der Waals surface area contributed by atoms with Crippen molar-refractivity contribution in [1.82, 2.24) is 10.2 Å². The fourth-order valence-corrected chi connectivity index (χ4v) is 1.89. The van der Waals surface area contributed by atoms with Crippen molar-refractivity contribution < 1.29 is 4.21 Å².